The van der Waals surface area contributed by atoms with Gasteiger partial charge in [0, 0.05) is 41.7 Å². The number of alkyl halides is 3. The molecule has 5 rings (SSSR count). The molecular formula is C23H23F3N4O3S2. The first kappa shape index (κ1) is 24.0. The fourth-order valence-electron chi connectivity index (χ4n) is 4.91. The zero-order valence-corrected chi connectivity index (χ0v) is 20.1. The van der Waals surface area contributed by atoms with Crippen molar-refractivity contribution >= 4 is 26.7 Å². The van der Waals surface area contributed by atoms with Gasteiger partial charge in [0.05, 0.1) is 17.4 Å². The van der Waals surface area contributed by atoms with E-state index in [0.29, 0.717) is 18.8 Å². The van der Waals surface area contributed by atoms with E-state index < -0.39 is 28.2 Å². The molecule has 0 bridgehead atoms. The Morgan fingerprint density at radius 3 is 2.60 bits per heavy atom. The third-order valence-corrected chi connectivity index (χ3v) is 8.62. The number of aromatic nitrogens is 2. The van der Waals surface area contributed by atoms with Gasteiger partial charge in [-0.15, -0.1) is 0 Å². The van der Waals surface area contributed by atoms with Crippen LogP contribution in [0.2, 0.25) is 0 Å². The number of nitrogens with one attached hydrogen (secondary N) is 1. The van der Waals surface area contributed by atoms with Crippen LogP contribution in [0, 0.1) is 5.92 Å². The lowest BCUT2D eigenvalue weighted by Gasteiger charge is -2.46. The summed E-state index contributed by atoms with van der Waals surface area (Å²) in [6.45, 7) is 0.623. The third-order valence-electron chi connectivity index (χ3n) is 6.58. The number of hydrogen-bond donors (Lipinski definition) is 1. The highest BCUT2D eigenvalue weighted by Gasteiger charge is 2.46. The van der Waals surface area contributed by atoms with Gasteiger partial charge in [-0.25, -0.2) is 13.4 Å². The lowest BCUT2D eigenvalue weighted by Crippen LogP contribution is -2.44. The normalized spacial score (nSPS) is 23.3. The standard InChI is InChI=1S/C23H23F3N4O3S2/c24-23(25,26)16-8-10-30(20(12-16)15-4-2-1-3-5-15)19-9-11-33-21-13-17(6-7-18(19)21)35(31,32)29-22-27-14-28-34-22/h1-7,13-14,16,19-20H,8-12H2,(H,27,28,29)/t16?,19-,20-/m0/s1. The fourth-order valence-corrected chi connectivity index (χ4v) is 6.59. The van der Waals surface area contributed by atoms with Gasteiger partial charge in [0.25, 0.3) is 10.0 Å². The second-order valence-corrected chi connectivity index (χ2v) is 11.1. The highest BCUT2D eigenvalue weighted by Crippen LogP contribution is 2.48. The van der Waals surface area contributed by atoms with Crippen molar-refractivity contribution in [3.63, 3.8) is 0 Å². The smallest absolute Gasteiger partial charge is 0.391 e. The molecule has 3 heterocycles. The van der Waals surface area contributed by atoms with Crippen molar-refractivity contribution in [2.45, 2.75) is 42.4 Å². The first-order chi connectivity index (χ1) is 16.7. The number of hydrogen-bond acceptors (Lipinski definition) is 7. The first-order valence-corrected chi connectivity index (χ1v) is 13.4. The third kappa shape index (κ3) is 5.00. The molecule has 2 aromatic carbocycles. The average molecular weight is 525 g/mol. The summed E-state index contributed by atoms with van der Waals surface area (Å²) in [5.74, 6) is -0.937. The van der Waals surface area contributed by atoms with Gasteiger partial charge < -0.3 is 4.74 Å². The fraction of sp³-hybridized carbons (Fsp3) is 0.391. The van der Waals surface area contributed by atoms with Gasteiger partial charge in [-0.3, -0.25) is 9.62 Å². The molecule has 0 amide bonds. The Bertz CT molecular complexity index is 1270. The molecule has 1 fully saturated rings. The number of sulfonamides is 1. The number of fused-ring (bicyclic) bond motifs is 1. The number of nitrogens with zero attached hydrogens (tertiary/aromatic N) is 3. The molecule has 3 aromatic rings. The molecule has 0 spiro atoms. The average Bonchev–Trinajstić information content (AvgIpc) is 3.35. The van der Waals surface area contributed by atoms with Crippen LogP contribution in [-0.4, -0.2) is 42.0 Å². The van der Waals surface area contributed by atoms with Crippen molar-refractivity contribution < 1.29 is 26.3 Å². The number of anilines is 1. The van der Waals surface area contributed by atoms with E-state index >= 15 is 0 Å². The second-order valence-electron chi connectivity index (χ2n) is 8.63. The summed E-state index contributed by atoms with van der Waals surface area (Å²) in [7, 11) is -3.90. The summed E-state index contributed by atoms with van der Waals surface area (Å²) in [5, 5.41) is 0.153. The summed E-state index contributed by atoms with van der Waals surface area (Å²) in [6.07, 6.45) is -2.37. The Hall–Kier alpha value is -2.70. The number of benzene rings is 2. The van der Waals surface area contributed by atoms with Gasteiger partial charge in [-0.1, -0.05) is 36.4 Å². The molecule has 0 saturated carbocycles. The van der Waals surface area contributed by atoms with Crippen molar-refractivity contribution in [1.82, 2.24) is 14.3 Å². The molecule has 1 N–H and O–H groups in total. The quantitative estimate of drug-likeness (QED) is 0.495. The Morgan fingerprint density at radius 2 is 1.89 bits per heavy atom. The summed E-state index contributed by atoms with van der Waals surface area (Å²) < 4.78 is 78.4. The number of halogens is 3. The van der Waals surface area contributed by atoms with Gasteiger partial charge in [0.1, 0.15) is 12.1 Å². The van der Waals surface area contributed by atoms with Crippen LogP contribution in [0.15, 0.2) is 59.8 Å². The Balaban J connectivity index is 1.46. The maximum absolute atomic E-state index is 13.6. The topological polar surface area (TPSA) is 84.4 Å². The van der Waals surface area contributed by atoms with Gasteiger partial charge in [0.15, 0.2) is 0 Å². The van der Waals surface area contributed by atoms with Crippen molar-refractivity contribution in [2.75, 3.05) is 17.9 Å². The maximum Gasteiger partial charge on any atom is 0.391 e. The number of rotatable bonds is 5. The summed E-state index contributed by atoms with van der Waals surface area (Å²) >= 11 is 0.923. The van der Waals surface area contributed by atoms with E-state index in [-0.39, 0.29) is 35.5 Å². The molecular weight excluding hydrogens is 501 g/mol. The molecule has 3 atom stereocenters. The van der Waals surface area contributed by atoms with E-state index in [1.165, 1.54) is 18.5 Å². The summed E-state index contributed by atoms with van der Waals surface area (Å²) in [6, 6.07) is 13.3. The minimum atomic E-state index is -4.24. The van der Waals surface area contributed by atoms with Gasteiger partial charge >= 0.3 is 6.18 Å². The predicted molar refractivity (Wildman–Crippen MR) is 125 cm³/mol. The molecule has 7 nitrogen and oxygen atoms in total. The molecule has 35 heavy (non-hydrogen) atoms. The van der Waals surface area contributed by atoms with Crippen LogP contribution in [0.25, 0.3) is 0 Å². The maximum atomic E-state index is 13.6. The summed E-state index contributed by atoms with van der Waals surface area (Å²) in [4.78, 5) is 5.98. The van der Waals surface area contributed by atoms with Crippen LogP contribution in [-0.2, 0) is 10.0 Å². The molecule has 186 valence electrons. The molecule has 2 aliphatic rings. The number of ether oxygens (including phenoxy) is 1. The van der Waals surface area contributed by atoms with E-state index in [9.17, 15) is 21.6 Å². The summed E-state index contributed by atoms with van der Waals surface area (Å²) in [5.41, 5.74) is 1.62. The zero-order valence-electron chi connectivity index (χ0n) is 18.5. The van der Waals surface area contributed by atoms with Crippen LogP contribution >= 0.6 is 11.5 Å². The van der Waals surface area contributed by atoms with Crippen LogP contribution < -0.4 is 9.46 Å². The Morgan fingerprint density at radius 1 is 1.09 bits per heavy atom. The first-order valence-electron chi connectivity index (χ1n) is 11.2. The molecule has 1 aromatic heterocycles. The highest BCUT2D eigenvalue weighted by molar-refractivity contribution is 7.93. The molecule has 1 saturated heterocycles. The van der Waals surface area contributed by atoms with Gasteiger partial charge in [-0.2, -0.15) is 17.5 Å². The SMILES string of the molecule is O=S(=O)(Nc1ncns1)c1ccc2c(c1)OCC[C@@H]2N1CCC(C(F)(F)F)C[C@H]1c1ccccc1. The molecule has 0 aliphatic carbocycles. The minimum Gasteiger partial charge on any atom is -0.493 e. The van der Waals surface area contributed by atoms with Crippen molar-refractivity contribution in [1.29, 1.82) is 0 Å². The molecule has 0 radical (unpaired) electrons. The van der Waals surface area contributed by atoms with Crippen molar-refractivity contribution in [3.05, 3.63) is 66.0 Å². The van der Waals surface area contributed by atoms with E-state index in [4.69, 9.17) is 4.74 Å². The molecule has 1 unspecified atom stereocenters. The predicted octanol–water partition coefficient (Wildman–Crippen LogP) is 5.18. The number of piperidine rings is 1. The minimum absolute atomic E-state index is 0.0154. The molecule has 12 heteroatoms. The lowest BCUT2D eigenvalue weighted by molar-refractivity contribution is -0.192. The largest absolute Gasteiger partial charge is 0.493 e. The van der Waals surface area contributed by atoms with E-state index in [0.717, 1.165) is 22.7 Å². The van der Waals surface area contributed by atoms with E-state index in [2.05, 4.69) is 19.0 Å². The Labute approximate surface area is 205 Å². The lowest BCUT2D eigenvalue weighted by atomic mass is 9.84. The van der Waals surface area contributed by atoms with E-state index in [1.807, 2.05) is 30.3 Å². The van der Waals surface area contributed by atoms with Crippen molar-refractivity contribution in [2.24, 2.45) is 5.92 Å². The van der Waals surface area contributed by atoms with Crippen molar-refractivity contribution in [3.8, 4) is 5.75 Å². The van der Waals surface area contributed by atoms with Crippen LogP contribution in [0.3, 0.4) is 0 Å². The van der Waals surface area contributed by atoms with Crippen LogP contribution in [0.1, 0.15) is 42.5 Å². The van der Waals surface area contributed by atoms with Crippen LogP contribution in [0.5, 0.6) is 5.75 Å². The van der Waals surface area contributed by atoms with Gasteiger partial charge in [-0.05, 0) is 31.0 Å². The monoisotopic (exact) mass is 524 g/mol. The molecule has 2 aliphatic heterocycles. The zero-order chi connectivity index (χ0) is 24.6. The Kier molecular flexibility index (Phi) is 6.45. The van der Waals surface area contributed by atoms with Crippen LogP contribution in [0.4, 0.5) is 18.3 Å². The second kappa shape index (κ2) is 9.40. The number of likely N-dealkylation sites (tertiary alicyclic amines) is 1. The van der Waals surface area contributed by atoms with Gasteiger partial charge in [0.2, 0.25) is 5.13 Å². The van der Waals surface area contributed by atoms with E-state index in [1.54, 1.807) is 6.07 Å². The highest BCUT2D eigenvalue weighted by atomic mass is 32.2.